The molecular weight excluding hydrogens is 457 g/mol. The van der Waals surface area contributed by atoms with Crippen LogP contribution < -0.4 is 15.5 Å². The van der Waals surface area contributed by atoms with Gasteiger partial charge in [-0.1, -0.05) is 54.6 Å². The van der Waals surface area contributed by atoms with Crippen molar-refractivity contribution in [2.45, 2.75) is 33.7 Å². The lowest BCUT2D eigenvalue weighted by atomic mass is 10.1. The third-order valence-corrected chi connectivity index (χ3v) is 5.06. The Morgan fingerprint density at radius 1 is 1.00 bits per heavy atom. The second-order valence-electron chi connectivity index (χ2n) is 7.81. The van der Waals surface area contributed by atoms with Gasteiger partial charge in [0.05, 0.1) is 12.8 Å². The van der Waals surface area contributed by atoms with Gasteiger partial charge in [-0.25, -0.2) is 10.2 Å². The average Bonchev–Trinajstić information content (AvgIpc) is 2.80. The van der Waals surface area contributed by atoms with Crippen LogP contribution in [0.25, 0.3) is 0 Å². The third-order valence-electron chi connectivity index (χ3n) is 5.06. The molecule has 0 aromatic heterocycles. The summed E-state index contributed by atoms with van der Waals surface area (Å²) in [6, 6.07) is 18.4. The summed E-state index contributed by atoms with van der Waals surface area (Å²) < 4.78 is 41.2. The second kappa shape index (κ2) is 11.3. The van der Waals surface area contributed by atoms with Crippen LogP contribution >= 0.6 is 0 Å². The summed E-state index contributed by atoms with van der Waals surface area (Å²) in [6.45, 7) is 5.91. The van der Waals surface area contributed by atoms with Crippen molar-refractivity contribution >= 4 is 23.6 Å². The number of alkyl halides is 3. The van der Waals surface area contributed by atoms with Crippen LogP contribution in [-0.2, 0) is 6.54 Å². The number of ether oxygens (including phenoxy) is 1. The summed E-state index contributed by atoms with van der Waals surface area (Å²) in [5.41, 5.74) is 7.92. The Balaban J connectivity index is 1.54. The molecule has 0 aliphatic rings. The number of hydrazone groups is 1. The maximum absolute atomic E-state index is 12.4. The largest absolute Gasteiger partial charge is 0.573 e. The molecule has 0 aliphatic carbocycles. The van der Waals surface area contributed by atoms with Gasteiger partial charge >= 0.3 is 12.4 Å². The molecule has 2 N–H and O–H groups in total. The minimum atomic E-state index is -4.74. The Kier molecular flexibility index (Phi) is 8.25. The number of amides is 2. The van der Waals surface area contributed by atoms with E-state index in [-0.39, 0.29) is 5.75 Å². The van der Waals surface area contributed by atoms with Gasteiger partial charge in [0.1, 0.15) is 5.75 Å². The monoisotopic (exact) mass is 482 g/mol. The van der Waals surface area contributed by atoms with Crippen LogP contribution in [0.2, 0.25) is 0 Å². The molecule has 0 saturated heterocycles. The van der Waals surface area contributed by atoms with Gasteiger partial charge < -0.3 is 10.1 Å². The highest BCUT2D eigenvalue weighted by molar-refractivity contribution is 5.99. The number of carbonyl (C=O) groups is 1. The first-order valence-corrected chi connectivity index (χ1v) is 10.7. The number of urea groups is 1. The molecule has 0 unspecified atom stereocenters. The maximum Gasteiger partial charge on any atom is 0.573 e. The van der Waals surface area contributed by atoms with E-state index in [1.165, 1.54) is 24.4 Å². The number of aryl methyl sites for hydroxylation is 2. The second-order valence-corrected chi connectivity index (χ2v) is 7.81. The van der Waals surface area contributed by atoms with E-state index in [0.29, 0.717) is 17.8 Å². The van der Waals surface area contributed by atoms with Crippen LogP contribution in [0.3, 0.4) is 0 Å². The molecule has 2 amide bonds. The zero-order chi connectivity index (χ0) is 25.4. The van der Waals surface area contributed by atoms with Gasteiger partial charge in [-0.2, -0.15) is 5.10 Å². The lowest BCUT2D eigenvalue weighted by molar-refractivity contribution is -0.274. The third kappa shape index (κ3) is 7.99. The number of benzene rings is 3. The fourth-order valence-electron chi connectivity index (χ4n) is 3.25. The first-order chi connectivity index (χ1) is 16.6. The average molecular weight is 483 g/mol. The molecule has 9 heteroatoms. The van der Waals surface area contributed by atoms with Crippen LogP contribution in [0, 0.1) is 13.8 Å². The first kappa shape index (κ1) is 25.5. The van der Waals surface area contributed by atoms with Gasteiger partial charge in [0.25, 0.3) is 0 Å². The Bertz CT molecular complexity index is 1220. The fourth-order valence-corrected chi connectivity index (χ4v) is 3.25. The number of anilines is 1. The van der Waals surface area contributed by atoms with Crippen molar-refractivity contribution in [3.8, 4) is 5.75 Å². The van der Waals surface area contributed by atoms with Crippen LogP contribution in [-0.4, -0.2) is 24.3 Å². The standard InChI is InChI=1S/C26H25F3N4O2/c1-17-6-4-7-18(2)24(17)32-25(34)33-31-16-21-12-10-20(11-13-21)15-30-19(3)22-8-5-9-23(14-22)35-26(27,28)29/h4-14,16H,15H2,1-3H3,(H2,32,33,34)/b30-19?,31-16+. The van der Waals surface area contributed by atoms with Crippen LogP contribution in [0.4, 0.5) is 23.7 Å². The van der Waals surface area contributed by atoms with E-state index < -0.39 is 12.4 Å². The van der Waals surface area contributed by atoms with Crippen molar-refractivity contribution < 1.29 is 22.7 Å². The molecule has 0 fully saturated rings. The topological polar surface area (TPSA) is 75.1 Å². The highest BCUT2D eigenvalue weighted by atomic mass is 19.4. The van der Waals surface area contributed by atoms with Gasteiger partial charge in [0, 0.05) is 11.4 Å². The molecule has 0 aliphatic heterocycles. The van der Waals surface area contributed by atoms with Gasteiger partial charge in [-0.05, 0) is 60.7 Å². The Morgan fingerprint density at radius 3 is 2.31 bits per heavy atom. The molecule has 0 atom stereocenters. The predicted molar refractivity (Wildman–Crippen MR) is 131 cm³/mol. The molecule has 35 heavy (non-hydrogen) atoms. The van der Waals surface area contributed by atoms with Crippen molar-refractivity contribution in [1.82, 2.24) is 5.43 Å². The van der Waals surface area contributed by atoms with Crippen molar-refractivity contribution in [1.29, 1.82) is 0 Å². The van der Waals surface area contributed by atoms with E-state index in [0.717, 1.165) is 27.9 Å². The molecule has 0 radical (unpaired) electrons. The molecule has 3 rings (SSSR count). The quantitative estimate of drug-likeness (QED) is 0.303. The Morgan fingerprint density at radius 2 is 1.66 bits per heavy atom. The number of nitrogens with zero attached hydrogens (tertiary/aromatic N) is 2. The number of carbonyl (C=O) groups excluding carboxylic acids is 1. The number of rotatable bonds is 7. The van der Waals surface area contributed by atoms with Crippen LogP contribution in [0.1, 0.15) is 34.7 Å². The van der Waals surface area contributed by atoms with E-state index >= 15 is 0 Å². The molecule has 0 saturated carbocycles. The number of para-hydroxylation sites is 1. The predicted octanol–water partition coefficient (Wildman–Crippen LogP) is 6.37. The zero-order valence-electron chi connectivity index (χ0n) is 19.5. The molecule has 0 spiro atoms. The number of hydrogen-bond acceptors (Lipinski definition) is 4. The zero-order valence-corrected chi connectivity index (χ0v) is 19.5. The molecule has 3 aromatic carbocycles. The maximum atomic E-state index is 12.4. The van der Waals surface area contributed by atoms with Crippen molar-refractivity contribution in [2.24, 2.45) is 10.1 Å². The van der Waals surface area contributed by atoms with Crippen LogP contribution in [0.5, 0.6) is 5.75 Å². The van der Waals surface area contributed by atoms with Crippen molar-refractivity contribution in [2.75, 3.05) is 5.32 Å². The summed E-state index contributed by atoms with van der Waals surface area (Å²) in [5, 5.41) is 6.75. The number of halogens is 3. The first-order valence-electron chi connectivity index (χ1n) is 10.7. The summed E-state index contributed by atoms with van der Waals surface area (Å²) >= 11 is 0. The van der Waals surface area contributed by atoms with Gasteiger partial charge in [0.2, 0.25) is 0 Å². The molecule has 3 aromatic rings. The van der Waals surface area contributed by atoms with E-state index in [2.05, 4.69) is 25.6 Å². The highest BCUT2D eigenvalue weighted by Crippen LogP contribution is 2.23. The van der Waals surface area contributed by atoms with E-state index in [4.69, 9.17) is 0 Å². The summed E-state index contributed by atoms with van der Waals surface area (Å²) in [5.74, 6) is -0.287. The SMILES string of the molecule is CC(=NCc1ccc(/C=N/NC(=O)Nc2c(C)cccc2C)cc1)c1cccc(OC(F)(F)F)c1. The summed E-state index contributed by atoms with van der Waals surface area (Å²) in [6.07, 6.45) is -3.22. The minimum absolute atomic E-state index is 0.287. The number of hydrogen-bond donors (Lipinski definition) is 2. The Hall–Kier alpha value is -4.14. The molecule has 0 bridgehead atoms. The summed E-state index contributed by atoms with van der Waals surface area (Å²) in [7, 11) is 0. The summed E-state index contributed by atoms with van der Waals surface area (Å²) in [4.78, 5) is 16.6. The van der Waals surface area contributed by atoms with Gasteiger partial charge in [0.15, 0.2) is 0 Å². The smallest absolute Gasteiger partial charge is 0.406 e. The van der Waals surface area contributed by atoms with Crippen molar-refractivity contribution in [3.63, 3.8) is 0 Å². The van der Waals surface area contributed by atoms with Crippen LogP contribution in [0.15, 0.2) is 76.8 Å². The number of nitrogens with one attached hydrogen (secondary N) is 2. The van der Waals surface area contributed by atoms with E-state index in [1.807, 2.05) is 56.3 Å². The van der Waals surface area contributed by atoms with E-state index in [1.54, 1.807) is 13.0 Å². The molecule has 182 valence electrons. The van der Waals surface area contributed by atoms with Crippen molar-refractivity contribution in [3.05, 3.63) is 94.5 Å². The minimum Gasteiger partial charge on any atom is -0.406 e. The lowest BCUT2D eigenvalue weighted by Crippen LogP contribution is -2.25. The Labute approximate surface area is 201 Å². The molecule has 0 heterocycles. The normalized spacial score (nSPS) is 12.0. The lowest BCUT2D eigenvalue weighted by Gasteiger charge is -2.10. The molecular formula is C26H25F3N4O2. The molecule has 6 nitrogen and oxygen atoms in total. The van der Waals surface area contributed by atoms with Gasteiger partial charge in [-0.15, -0.1) is 13.2 Å². The van der Waals surface area contributed by atoms with E-state index in [9.17, 15) is 18.0 Å². The van der Waals surface area contributed by atoms with Gasteiger partial charge in [-0.3, -0.25) is 4.99 Å². The number of aliphatic imine (C=N–C) groups is 1. The fraction of sp³-hybridized carbons (Fsp3) is 0.192. The highest BCUT2D eigenvalue weighted by Gasteiger charge is 2.31.